The van der Waals surface area contributed by atoms with Crippen LogP contribution in [0.15, 0.2) is 46.9 Å². The fourth-order valence-corrected chi connectivity index (χ4v) is 3.46. The van der Waals surface area contributed by atoms with Gasteiger partial charge >= 0.3 is 0 Å². The van der Waals surface area contributed by atoms with E-state index < -0.39 is 0 Å². The third-order valence-electron chi connectivity index (χ3n) is 4.59. The standard InChI is InChI=1S/C21H19BrFNO5/c22-17-9-14(1-4-18(17)23)2-6-21(25)24-7-8-26-16(11-24)12-27-15-3-5-19-20(10-15)29-13-28-19/h1-6,9-10,16H,7-8,11-13H2. The van der Waals surface area contributed by atoms with Gasteiger partial charge < -0.3 is 23.8 Å². The number of fused-ring (bicyclic) bond motifs is 1. The number of carbonyl (C=O) groups excluding carboxylic acids is 1. The quantitative estimate of drug-likeness (QED) is 0.633. The molecule has 0 saturated carbocycles. The van der Waals surface area contributed by atoms with Crippen LogP contribution < -0.4 is 14.2 Å². The number of morpholine rings is 1. The molecule has 0 aromatic heterocycles. The number of nitrogens with zero attached hydrogens (tertiary/aromatic N) is 1. The van der Waals surface area contributed by atoms with Crippen LogP contribution in [0, 0.1) is 5.82 Å². The van der Waals surface area contributed by atoms with Crippen molar-refractivity contribution in [2.75, 3.05) is 33.1 Å². The molecule has 1 saturated heterocycles. The first kappa shape index (κ1) is 19.7. The average molecular weight is 464 g/mol. The van der Waals surface area contributed by atoms with Crippen LogP contribution in [-0.2, 0) is 9.53 Å². The van der Waals surface area contributed by atoms with Crippen LogP contribution >= 0.6 is 15.9 Å². The summed E-state index contributed by atoms with van der Waals surface area (Å²) in [6.07, 6.45) is 2.92. The number of rotatable bonds is 5. The van der Waals surface area contributed by atoms with Gasteiger partial charge in [-0.2, -0.15) is 0 Å². The summed E-state index contributed by atoms with van der Waals surface area (Å²) in [7, 11) is 0. The Balaban J connectivity index is 1.31. The van der Waals surface area contributed by atoms with Crippen molar-refractivity contribution in [3.63, 3.8) is 0 Å². The summed E-state index contributed by atoms with van der Waals surface area (Å²) in [6.45, 7) is 1.91. The Morgan fingerprint density at radius 3 is 2.97 bits per heavy atom. The van der Waals surface area contributed by atoms with E-state index in [2.05, 4.69) is 15.9 Å². The van der Waals surface area contributed by atoms with E-state index in [1.54, 1.807) is 35.2 Å². The van der Waals surface area contributed by atoms with Crippen molar-refractivity contribution in [1.29, 1.82) is 0 Å². The van der Waals surface area contributed by atoms with Crippen LogP contribution in [0.2, 0.25) is 0 Å². The zero-order chi connectivity index (χ0) is 20.2. The Morgan fingerprint density at radius 1 is 1.24 bits per heavy atom. The van der Waals surface area contributed by atoms with E-state index >= 15 is 0 Å². The Morgan fingerprint density at radius 2 is 2.10 bits per heavy atom. The topological polar surface area (TPSA) is 57.2 Å². The molecule has 0 spiro atoms. The molecule has 1 unspecified atom stereocenters. The molecule has 2 aliphatic rings. The predicted octanol–water partition coefficient (Wildman–Crippen LogP) is 3.64. The van der Waals surface area contributed by atoms with E-state index in [0.717, 1.165) is 5.56 Å². The summed E-state index contributed by atoms with van der Waals surface area (Å²) in [5.41, 5.74) is 0.738. The second kappa shape index (κ2) is 8.84. The SMILES string of the molecule is O=C(C=Cc1ccc(F)c(Br)c1)N1CCOC(COc2ccc3c(c2)OCO3)C1. The van der Waals surface area contributed by atoms with Crippen LogP contribution in [0.25, 0.3) is 6.08 Å². The summed E-state index contributed by atoms with van der Waals surface area (Å²) in [5.74, 6) is 1.54. The van der Waals surface area contributed by atoms with Crippen molar-refractivity contribution in [2.45, 2.75) is 6.10 Å². The minimum absolute atomic E-state index is 0.123. The molecule has 1 atom stereocenters. The van der Waals surface area contributed by atoms with Crippen LogP contribution in [0.4, 0.5) is 4.39 Å². The van der Waals surface area contributed by atoms with E-state index in [0.29, 0.717) is 48.0 Å². The summed E-state index contributed by atoms with van der Waals surface area (Å²) in [6, 6.07) is 9.98. The number of benzene rings is 2. The van der Waals surface area contributed by atoms with Crippen molar-refractivity contribution >= 4 is 27.9 Å². The fourth-order valence-electron chi connectivity index (χ4n) is 3.07. The molecule has 2 aliphatic heterocycles. The van der Waals surface area contributed by atoms with Crippen LogP contribution in [-0.4, -0.2) is 50.0 Å². The average Bonchev–Trinajstić information content (AvgIpc) is 3.21. The summed E-state index contributed by atoms with van der Waals surface area (Å²) in [5, 5.41) is 0. The Bertz CT molecular complexity index is 935. The molecule has 2 aromatic rings. The number of ether oxygens (including phenoxy) is 4. The highest BCUT2D eigenvalue weighted by Crippen LogP contribution is 2.35. The smallest absolute Gasteiger partial charge is 0.246 e. The lowest BCUT2D eigenvalue weighted by atomic mass is 10.2. The number of hydrogen-bond acceptors (Lipinski definition) is 5. The molecule has 2 aromatic carbocycles. The lowest BCUT2D eigenvalue weighted by Crippen LogP contribution is -2.47. The van der Waals surface area contributed by atoms with E-state index in [4.69, 9.17) is 18.9 Å². The van der Waals surface area contributed by atoms with Crippen LogP contribution in [0.5, 0.6) is 17.2 Å². The predicted molar refractivity (Wildman–Crippen MR) is 108 cm³/mol. The highest BCUT2D eigenvalue weighted by molar-refractivity contribution is 9.10. The van der Waals surface area contributed by atoms with Crippen molar-refractivity contribution in [3.05, 3.63) is 58.3 Å². The lowest BCUT2D eigenvalue weighted by molar-refractivity contribution is -0.134. The third-order valence-corrected chi connectivity index (χ3v) is 5.20. The van der Waals surface area contributed by atoms with Crippen molar-refractivity contribution in [3.8, 4) is 17.2 Å². The molecule has 0 aliphatic carbocycles. The molecule has 6 nitrogen and oxygen atoms in total. The maximum absolute atomic E-state index is 13.3. The minimum Gasteiger partial charge on any atom is -0.491 e. The van der Waals surface area contributed by atoms with Crippen molar-refractivity contribution in [1.82, 2.24) is 4.90 Å². The maximum atomic E-state index is 13.3. The van der Waals surface area contributed by atoms with Gasteiger partial charge in [-0.3, -0.25) is 4.79 Å². The van der Waals surface area contributed by atoms with Crippen molar-refractivity contribution in [2.24, 2.45) is 0 Å². The fraction of sp³-hybridized carbons (Fsp3) is 0.286. The minimum atomic E-state index is -0.341. The van der Waals surface area contributed by atoms with E-state index in [-0.39, 0.29) is 24.6 Å². The Labute approximate surface area is 175 Å². The molecule has 1 amide bonds. The normalized spacial score (nSPS) is 18.3. The largest absolute Gasteiger partial charge is 0.491 e. The number of carbonyl (C=O) groups is 1. The number of amides is 1. The van der Waals surface area contributed by atoms with Crippen LogP contribution in [0.3, 0.4) is 0 Å². The second-order valence-electron chi connectivity index (χ2n) is 6.61. The zero-order valence-electron chi connectivity index (χ0n) is 15.5. The van der Waals surface area contributed by atoms with Crippen LogP contribution in [0.1, 0.15) is 5.56 Å². The van der Waals surface area contributed by atoms with Gasteiger partial charge in [-0.25, -0.2) is 4.39 Å². The number of halogens is 2. The molecule has 152 valence electrons. The summed E-state index contributed by atoms with van der Waals surface area (Å²) < 4.78 is 35.8. The first-order valence-electron chi connectivity index (χ1n) is 9.14. The van der Waals surface area contributed by atoms with Gasteiger partial charge in [-0.05, 0) is 51.8 Å². The lowest BCUT2D eigenvalue weighted by Gasteiger charge is -2.32. The van der Waals surface area contributed by atoms with Gasteiger partial charge in [0.15, 0.2) is 11.5 Å². The van der Waals surface area contributed by atoms with E-state index in [1.165, 1.54) is 12.1 Å². The van der Waals surface area contributed by atoms with Gasteiger partial charge in [0.25, 0.3) is 0 Å². The molecule has 1 fully saturated rings. The molecule has 0 bridgehead atoms. The molecular formula is C21H19BrFNO5. The molecule has 0 N–H and O–H groups in total. The van der Waals surface area contributed by atoms with Gasteiger partial charge in [0.1, 0.15) is 24.3 Å². The van der Waals surface area contributed by atoms with Crippen molar-refractivity contribution < 1.29 is 28.1 Å². The van der Waals surface area contributed by atoms with E-state index in [1.807, 2.05) is 6.07 Å². The van der Waals surface area contributed by atoms with Gasteiger partial charge in [0, 0.05) is 18.7 Å². The molecule has 4 rings (SSSR count). The molecule has 8 heteroatoms. The first-order chi connectivity index (χ1) is 14.1. The number of hydrogen-bond donors (Lipinski definition) is 0. The summed E-state index contributed by atoms with van der Waals surface area (Å²) in [4.78, 5) is 14.2. The molecular weight excluding hydrogens is 445 g/mol. The molecule has 0 radical (unpaired) electrons. The monoisotopic (exact) mass is 463 g/mol. The Hall–Kier alpha value is -2.58. The third kappa shape index (κ3) is 4.89. The van der Waals surface area contributed by atoms with Gasteiger partial charge in [-0.1, -0.05) is 6.07 Å². The maximum Gasteiger partial charge on any atom is 0.246 e. The molecule has 29 heavy (non-hydrogen) atoms. The van der Waals surface area contributed by atoms with Gasteiger partial charge in [-0.15, -0.1) is 0 Å². The zero-order valence-corrected chi connectivity index (χ0v) is 17.1. The Kier molecular flexibility index (Phi) is 6.01. The van der Waals surface area contributed by atoms with Gasteiger partial charge in [0.2, 0.25) is 12.7 Å². The second-order valence-corrected chi connectivity index (χ2v) is 7.46. The molecule has 2 heterocycles. The highest BCUT2D eigenvalue weighted by Gasteiger charge is 2.24. The van der Waals surface area contributed by atoms with Gasteiger partial charge in [0.05, 0.1) is 17.6 Å². The highest BCUT2D eigenvalue weighted by atomic mass is 79.9. The first-order valence-corrected chi connectivity index (χ1v) is 9.94. The van der Waals surface area contributed by atoms with E-state index in [9.17, 15) is 9.18 Å². The summed E-state index contributed by atoms with van der Waals surface area (Å²) >= 11 is 3.14.